The lowest BCUT2D eigenvalue weighted by Crippen LogP contribution is -2.42. The second-order valence-electron chi connectivity index (χ2n) is 7.20. The number of likely N-dealkylation sites (tertiary alicyclic amines) is 1. The maximum atomic E-state index is 13.9. The Morgan fingerprint density at radius 1 is 1.27 bits per heavy atom. The predicted molar refractivity (Wildman–Crippen MR) is 101 cm³/mol. The molecule has 0 bridgehead atoms. The number of nitrogens with one attached hydrogen (secondary N) is 2. The van der Waals surface area contributed by atoms with E-state index in [1.807, 2.05) is 24.4 Å². The van der Waals surface area contributed by atoms with Gasteiger partial charge in [-0.15, -0.1) is 0 Å². The average Bonchev–Trinajstić information content (AvgIpc) is 3.13. The number of H-pyrrole nitrogens is 1. The van der Waals surface area contributed by atoms with Gasteiger partial charge < -0.3 is 10.3 Å². The van der Waals surface area contributed by atoms with Crippen LogP contribution in [0.3, 0.4) is 0 Å². The molecule has 1 fully saturated rings. The summed E-state index contributed by atoms with van der Waals surface area (Å²) in [6.07, 6.45) is 4.59. The first kappa shape index (κ1) is 17.0. The summed E-state index contributed by atoms with van der Waals surface area (Å²) in [6.45, 7) is 5.81. The van der Waals surface area contributed by atoms with Crippen LogP contribution in [0.2, 0.25) is 0 Å². The van der Waals surface area contributed by atoms with E-state index in [4.69, 9.17) is 0 Å². The molecule has 26 heavy (non-hydrogen) atoms. The van der Waals surface area contributed by atoms with Crippen molar-refractivity contribution in [2.24, 2.45) is 11.8 Å². The van der Waals surface area contributed by atoms with E-state index in [9.17, 15) is 4.39 Å². The number of halogens is 1. The quantitative estimate of drug-likeness (QED) is 0.735. The third kappa shape index (κ3) is 3.55. The summed E-state index contributed by atoms with van der Waals surface area (Å²) in [5.74, 6) is 1.88. The molecule has 1 saturated heterocycles. The molecule has 0 spiro atoms. The van der Waals surface area contributed by atoms with Gasteiger partial charge in [-0.3, -0.25) is 4.90 Å². The number of anilines is 1. The number of piperidine rings is 1. The Balaban J connectivity index is 1.41. The predicted octanol–water partition coefficient (Wildman–Crippen LogP) is 3.67. The van der Waals surface area contributed by atoms with Crippen LogP contribution in [-0.2, 0) is 6.54 Å². The van der Waals surface area contributed by atoms with Crippen LogP contribution < -0.4 is 5.32 Å². The molecule has 6 heteroatoms. The molecule has 2 N–H and O–H groups in total. The van der Waals surface area contributed by atoms with Crippen LogP contribution in [0, 0.1) is 17.7 Å². The molecule has 4 rings (SSSR count). The highest BCUT2D eigenvalue weighted by Gasteiger charge is 2.26. The van der Waals surface area contributed by atoms with Crippen LogP contribution in [-0.4, -0.2) is 39.5 Å². The zero-order valence-electron chi connectivity index (χ0n) is 15.0. The van der Waals surface area contributed by atoms with Gasteiger partial charge in [-0.2, -0.15) is 0 Å². The van der Waals surface area contributed by atoms with E-state index in [0.29, 0.717) is 18.4 Å². The highest BCUT2D eigenvalue weighted by molar-refractivity contribution is 5.86. The Kier molecular flexibility index (Phi) is 4.84. The van der Waals surface area contributed by atoms with Gasteiger partial charge in [0.15, 0.2) is 0 Å². The Bertz CT molecular complexity index is 877. The van der Waals surface area contributed by atoms with E-state index in [1.165, 1.54) is 6.07 Å². The van der Waals surface area contributed by atoms with Crippen LogP contribution in [0.1, 0.15) is 18.9 Å². The molecule has 5 nitrogen and oxygen atoms in total. The highest BCUT2D eigenvalue weighted by Crippen LogP contribution is 2.26. The van der Waals surface area contributed by atoms with Crippen molar-refractivity contribution in [1.29, 1.82) is 0 Å². The first-order valence-electron chi connectivity index (χ1n) is 9.18. The maximum Gasteiger partial charge on any atom is 0.142 e. The number of fused-ring (bicyclic) bond motifs is 1. The molecule has 136 valence electrons. The topological polar surface area (TPSA) is 56.8 Å². The molecule has 2 unspecified atom stereocenters. The largest absolute Gasteiger partial charge is 0.369 e. The molecule has 2 aromatic heterocycles. The van der Waals surface area contributed by atoms with Gasteiger partial charge in [0.2, 0.25) is 0 Å². The number of aromatic nitrogens is 3. The molecule has 3 heterocycles. The highest BCUT2D eigenvalue weighted by atomic mass is 19.1. The summed E-state index contributed by atoms with van der Waals surface area (Å²) in [5, 5.41) is 4.51. The third-order valence-corrected chi connectivity index (χ3v) is 5.44. The van der Waals surface area contributed by atoms with Gasteiger partial charge in [0.05, 0.1) is 5.39 Å². The number of hydrogen-bond acceptors (Lipinski definition) is 4. The summed E-state index contributed by atoms with van der Waals surface area (Å²) < 4.78 is 13.9. The molecule has 3 aromatic rings. The Labute approximate surface area is 152 Å². The number of aromatic amines is 1. The summed E-state index contributed by atoms with van der Waals surface area (Å²) in [7, 11) is 0. The van der Waals surface area contributed by atoms with Crippen molar-refractivity contribution in [1.82, 2.24) is 19.9 Å². The number of hydrogen-bond donors (Lipinski definition) is 2. The van der Waals surface area contributed by atoms with Gasteiger partial charge in [-0.25, -0.2) is 14.4 Å². The van der Waals surface area contributed by atoms with Gasteiger partial charge >= 0.3 is 0 Å². The SMILES string of the molecule is CC1CCN(Cc2ccccc2F)CC1CNc1ncnc2[nH]ccc12. The van der Waals surface area contributed by atoms with Crippen LogP contribution in [0.5, 0.6) is 0 Å². The van der Waals surface area contributed by atoms with Gasteiger partial charge in [0.25, 0.3) is 0 Å². The normalized spacial score (nSPS) is 21.2. The van der Waals surface area contributed by atoms with Crippen molar-refractivity contribution in [3.05, 3.63) is 54.2 Å². The van der Waals surface area contributed by atoms with Crippen molar-refractivity contribution in [3.63, 3.8) is 0 Å². The van der Waals surface area contributed by atoms with Crippen molar-refractivity contribution in [2.75, 3.05) is 25.0 Å². The minimum absolute atomic E-state index is 0.114. The van der Waals surface area contributed by atoms with E-state index in [-0.39, 0.29) is 5.82 Å². The van der Waals surface area contributed by atoms with Crippen LogP contribution in [0.15, 0.2) is 42.9 Å². The smallest absolute Gasteiger partial charge is 0.142 e. The molecule has 1 aliphatic heterocycles. The van der Waals surface area contributed by atoms with Crippen LogP contribution in [0.25, 0.3) is 11.0 Å². The van der Waals surface area contributed by atoms with E-state index >= 15 is 0 Å². The summed E-state index contributed by atoms with van der Waals surface area (Å²) in [5.41, 5.74) is 1.62. The van der Waals surface area contributed by atoms with Crippen molar-refractivity contribution < 1.29 is 4.39 Å². The minimum atomic E-state index is -0.114. The summed E-state index contributed by atoms with van der Waals surface area (Å²) >= 11 is 0. The Morgan fingerprint density at radius 2 is 2.15 bits per heavy atom. The Morgan fingerprint density at radius 3 is 3.04 bits per heavy atom. The first-order chi connectivity index (χ1) is 12.7. The monoisotopic (exact) mass is 353 g/mol. The zero-order valence-corrected chi connectivity index (χ0v) is 15.0. The maximum absolute atomic E-state index is 13.9. The molecular formula is C20H24FN5. The lowest BCUT2D eigenvalue weighted by Gasteiger charge is -2.37. The number of benzene rings is 1. The van der Waals surface area contributed by atoms with Gasteiger partial charge in [0.1, 0.15) is 23.6 Å². The fourth-order valence-corrected chi connectivity index (χ4v) is 3.74. The van der Waals surface area contributed by atoms with E-state index in [2.05, 4.69) is 32.1 Å². The summed E-state index contributed by atoms with van der Waals surface area (Å²) in [4.78, 5) is 14.1. The van der Waals surface area contributed by atoms with Crippen molar-refractivity contribution >= 4 is 16.9 Å². The fraction of sp³-hybridized carbons (Fsp3) is 0.400. The van der Waals surface area contributed by atoms with Gasteiger partial charge in [-0.05, 0) is 36.9 Å². The molecule has 0 amide bonds. The molecule has 0 aliphatic carbocycles. The third-order valence-electron chi connectivity index (χ3n) is 5.44. The molecule has 1 aliphatic rings. The summed E-state index contributed by atoms with van der Waals surface area (Å²) in [6, 6.07) is 9.06. The average molecular weight is 353 g/mol. The van der Waals surface area contributed by atoms with Gasteiger partial charge in [-0.1, -0.05) is 25.1 Å². The van der Waals surface area contributed by atoms with Crippen molar-refractivity contribution in [3.8, 4) is 0 Å². The molecular weight excluding hydrogens is 329 g/mol. The van der Waals surface area contributed by atoms with Gasteiger partial charge in [0, 0.05) is 31.4 Å². The zero-order chi connectivity index (χ0) is 17.9. The molecule has 1 aromatic carbocycles. The molecule has 2 atom stereocenters. The molecule has 0 radical (unpaired) electrons. The van der Waals surface area contributed by atoms with E-state index in [1.54, 1.807) is 12.4 Å². The number of rotatable bonds is 5. The second kappa shape index (κ2) is 7.41. The van der Waals surface area contributed by atoms with Crippen molar-refractivity contribution in [2.45, 2.75) is 19.9 Å². The van der Waals surface area contributed by atoms with E-state index in [0.717, 1.165) is 48.5 Å². The first-order valence-corrected chi connectivity index (χ1v) is 9.18. The fourth-order valence-electron chi connectivity index (χ4n) is 3.74. The number of nitrogens with zero attached hydrogens (tertiary/aromatic N) is 3. The Hall–Kier alpha value is -2.47. The standard InChI is InChI=1S/C20H24FN5/c1-14-7-9-26(11-15-4-2-3-5-18(15)21)12-16(14)10-23-20-17-6-8-22-19(17)24-13-25-20/h2-6,8,13-14,16H,7,9-12H2,1H3,(H2,22,23,24,25). The van der Waals surface area contributed by atoms with Crippen LogP contribution >= 0.6 is 0 Å². The lowest BCUT2D eigenvalue weighted by molar-refractivity contribution is 0.127. The minimum Gasteiger partial charge on any atom is -0.369 e. The molecule has 0 saturated carbocycles. The van der Waals surface area contributed by atoms with E-state index < -0.39 is 0 Å². The lowest BCUT2D eigenvalue weighted by atomic mass is 9.86. The second-order valence-corrected chi connectivity index (χ2v) is 7.20. The van der Waals surface area contributed by atoms with Crippen LogP contribution in [0.4, 0.5) is 10.2 Å².